The molecule has 0 fully saturated rings. The molecule has 1 aliphatic heterocycles. The van der Waals surface area contributed by atoms with Crippen molar-refractivity contribution in [1.82, 2.24) is 10.6 Å². The summed E-state index contributed by atoms with van der Waals surface area (Å²) in [5, 5.41) is 9.89. The van der Waals surface area contributed by atoms with Crippen molar-refractivity contribution < 1.29 is 9.59 Å². The monoisotopic (exact) mass is 433 g/mol. The van der Waals surface area contributed by atoms with Crippen molar-refractivity contribution in [3.63, 3.8) is 0 Å². The van der Waals surface area contributed by atoms with E-state index in [-0.39, 0.29) is 17.7 Å². The average Bonchev–Trinajstić information content (AvgIpc) is 2.89. The number of para-hydroxylation sites is 1. The zero-order valence-corrected chi connectivity index (χ0v) is 18.1. The topological polar surface area (TPSA) is 70.2 Å². The number of halogens is 1. The first kappa shape index (κ1) is 21.1. The Morgan fingerprint density at radius 2 is 1.65 bits per heavy atom. The predicted octanol–water partition coefficient (Wildman–Crippen LogP) is 4.27. The molecular formula is C25H24ClN3O2. The van der Waals surface area contributed by atoms with Crippen LogP contribution in [0.4, 0.5) is 5.69 Å². The number of fused-ring (bicyclic) bond motifs is 1. The molecule has 3 aromatic carbocycles. The highest BCUT2D eigenvalue weighted by Crippen LogP contribution is 2.42. The smallest absolute Gasteiger partial charge is 0.262 e. The van der Waals surface area contributed by atoms with Crippen LogP contribution in [0.5, 0.6) is 0 Å². The highest BCUT2D eigenvalue weighted by Gasteiger charge is 2.44. The Morgan fingerprint density at radius 1 is 0.968 bits per heavy atom. The molecule has 3 aromatic rings. The first-order valence-corrected chi connectivity index (χ1v) is 10.6. The Labute approximate surface area is 186 Å². The molecule has 158 valence electrons. The first-order valence-electron chi connectivity index (χ1n) is 10.2. The maximum absolute atomic E-state index is 13.1. The second-order valence-electron chi connectivity index (χ2n) is 7.90. The van der Waals surface area contributed by atoms with Gasteiger partial charge in [0.2, 0.25) is 5.91 Å². The standard InChI is InChI=1S/C25H24ClN3O2/c1-16(2)23(30)28-22-24(31)27-21-14-7-6-13-20(21)25(29-22,17-9-4-3-5-10-17)18-11-8-12-19(26)15-18/h3-16,22,29H,1-2H3,(H,27,31)(H,28,30). The maximum atomic E-state index is 13.1. The van der Waals surface area contributed by atoms with Gasteiger partial charge in [-0.25, -0.2) is 0 Å². The van der Waals surface area contributed by atoms with E-state index in [4.69, 9.17) is 11.6 Å². The Kier molecular flexibility index (Phi) is 5.81. The van der Waals surface area contributed by atoms with Gasteiger partial charge < -0.3 is 10.6 Å². The zero-order chi connectivity index (χ0) is 22.0. The van der Waals surface area contributed by atoms with Crippen molar-refractivity contribution in [3.8, 4) is 0 Å². The normalized spacial score (nSPS) is 20.5. The average molecular weight is 434 g/mol. The SMILES string of the molecule is CC(C)C(=O)NC1NC(c2ccccc2)(c2cccc(Cl)c2)c2ccccc2NC1=O. The Bertz CT molecular complexity index is 1120. The lowest BCUT2D eigenvalue weighted by atomic mass is 9.76. The van der Waals surface area contributed by atoms with E-state index in [1.165, 1.54) is 0 Å². The molecule has 5 nitrogen and oxygen atoms in total. The quantitative estimate of drug-likeness (QED) is 0.575. The lowest BCUT2D eigenvalue weighted by Gasteiger charge is -2.38. The van der Waals surface area contributed by atoms with Crippen LogP contribution in [0.2, 0.25) is 5.02 Å². The van der Waals surface area contributed by atoms with Crippen molar-refractivity contribution in [2.45, 2.75) is 25.6 Å². The summed E-state index contributed by atoms with van der Waals surface area (Å²) in [5.74, 6) is -0.814. The molecule has 2 unspecified atom stereocenters. The third-order valence-corrected chi connectivity index (χ3v) is 5.72. The fourth-order valence-electron chi connectivity index (χ4n) is 3.95. The van der Waals surface area contributed by atoms with Crippen molar-refractivity contribution in [1.29, 1.82) is 0 Å². The van der Waals surface area contributed by atoms with Crippen LogP contribution in [0.3, 0.4) is 0 Å². The number of benzene rings is 3. The van der Waals surface area contributed by atoms with Gasteiger partial charge in [-0.15, -0.1) is 0 Å². The summed E-state index contributed by atoms with van der Waals surface area (Å²) >= 11 is 6.39. The molecule has 0 aliphatic carbocycles. The number of carbonyl (C=O) groups excluding carboxylic acids is 2. The van der Waals surface area contributed by atoms with Gasteiger partial charge in [0.25, 0.3) is 5.91 Å². The molecule has 0 bridgehead atoms. The second-order valence-corrected chi connectivity index (χ2v) is 8.34. The summed E-state index contributed by atoms with van der Waals surface area (Å²) in [6, 6.07) is 25.1. The first-order chi connectivity index (χ1) is 14.9. The van der Waals surface area contributed by atoms with Gasteiger partial charge in [-0.1, -0.05) is 86.1 Å². The van der Waals surface area contributed by atoms with Gasteiger partial charge in [0, 0.05) is 22.2 Å². The van der Waals surface area contributed by atoms with Crippen molar-refractivity contribution >= 4 is 29.1 Å². The molecule has 2 atom stereocenters. The van der Waals surface area contributed by atoms with Gasteiger partial charge in [-0.05, 0) is 29.3 Å². The van der Waals surface area contributed by atoms with Gasteiger partial charge in [0.05, 0.1) is 5.54 Å². The maximum Gasteiger partial charge on any atom is 0.262 e. The lowest BCUT2D eigenvalue weighted by molar-refractivity contribution is -0.129. The fraction of sp³-hybridized carbons (Fsp3) is 0.200. The third kappa shape index (κ3) is 3.94. The summed E-state index contributed by atoms with van der Waals surface area (Å²) in [6.45, 7) is 3.58. The largest absolute Gasteiger partial charge is 0.332 e. The van der Waals surface area contributed by atoms with Crippen molar-refractivity contribution in [2.75, 3.05) is 5.32 Å². The van der Waals surface area contributed by atoms with Crippen LogP contribution in [-0.4, -0.2) is 18.0 Å². The third-order valence-electron chi connectivity index (χ3n) is 5.49. The molecule has 4 rings (SSSR count). The summed E-state index contributed by atoms with van der Waals surface area (Å²) in [7, 11) is 0. The number of rotatable bonds is 4. The molecule has 0 spiro atoms. The number of hydrogen-bond acceptors (Lipinski definition) is 3. The van der Waals surface area contributed by atoms with Crippen LogP contribution in [-0.2, 0) is 15.1 Å². The number of amides is 2. The van der Waals surface area contributed by atoms with Gasteiger partial charge >= 0.3 is 0 Å². The minimum Gasteiger partial charge on any atom is -0.332 e. The van der Waals surface area contributed by atoms with Crippen LogP contribution >= 0.6 is 11.6 Å². The van der Waals surface area contributed by atoms with Crippen LogP contribution in [0.1, 0.15) is 30.5 Å². The Morgan fingerprint density at radius 3 is 2.35 bits per heavy atom. The summed E-state index contributed by atoms with van der Waals surface area (Å²) in [5.41, 5.74) is 2.38. The summed E-state index contributed by atoms with van der Waals surface area (Å²) in [6.07, 6.45) is -0.957. The van der Waals surface area contributed by atoms with Gasteiger partial charge in [-0.3, -0.25) is 14.9 Å². The van der Waals surface area contributed by atoms with E-state index in [1.54, 1.807) is 13.8 Å². The van der Waals surface area contributed by atoms with E-state index in [9.17, 15) is 9.59 Å². The number of nitrogens with one attached hydrogen (secondary N) is 3. The van der Waals surface area contributed by atoms with E-state index >= 15 is 0 Å². The summed E-state index contributed by atoms with van der Waals surface area (Å²) < 4.78 is 0. The van der Waals surface area contributed by atoms with E-state index in [0.29, 0.717) is 10.7 Å². The van der Waals surface area contributed by atoms with Crippen LogP contribution in [0.25, 0.3) is 0 Å². The van der Waals surface area contributed by atoms with Crippen molar-refractivity contribution in [3.05, 3.63) is 101 Å². The van der Waals surface area contributed by atoms with Crippen LogP contribution in [0, 0.1) is 5.92 Å². The molecule has 0 saturated heterocycles. The number of carbonyl (C=O) groups is 2. The molecule has 31 heavy (non-hydrogen) atoms. The zero-order valence-electron chi connectivity index (χ0n) is 17.4. The van der Waals surface area contributed by atoms with Crippen LogP contribution in [0.15, 0.2) is 78.9 Å². The number of hydrogen-bond donors (Lipinski definition) is 3. The van der Waals surface area contributed by atoms with Crippen LogP contribution < -0.4 is 16.0 Å². The lowest BCUT2D eigenvalue weighted by Crippen LogP contribution is -2.59. The van der Waals surface area contributed by atoms with E-state index in [2.05, 4.69) is 16.0 Å². The van der Waals surface area contributed by atoms with Gasteiger partial charge in [-0.2, -0.15) is 0 Å². The van der Waals surface area contributed by atoms with E-state index < -0.39 is 11.7 Å². The number of anilines is 1. The molecule has 1 aliphatic rings. The second kappa shape index (κ2) is 8.53. The molecule has 0 aromatic heterocycles. The predicted molar refractivity (Wildman–Crippen MR) is 123 cm³/mol. The van der Waals surface area contributed by atoms with Gasteiger partial charge in [0.1, 0.15) is 0 Å². The molecule has 2 amide bonds. The van der Waals surface area contributed by atoms with Crippen molar-refractivity contribution in [2.24, 2.45) is 5.92 Å². The molecule has 1 heterocycles. The Hall–Kier alpha value is -3.15. The van der Waals surface area contributed by atoms with Gasteiger partial charge in [0.15, 0.2) is 6.17 Å². The fourth-order valence-corrected chi connectivity index (χ4v) is 4.14. The molecular weight excluding hydrogens is 410 g/mol. The minimum absolute atomic E-state index is 0.216. The van der Waals surface area contributed by atoms with E-state index in [0.717, 1.165) is 16.7 Å². The highest BCUT2D eigenvalue weighted by atomic mass is 35.5. The highest BCUT2D eigenvalue weighted by molar-refractivity contribution is 6.30. The molecule has 0 radical (unpaired) electrons. The molecule has 6 heteroatoms. The Balaban J connectivity index is 1.99. The molecule has 3 N–H and O–H groups in total. The summed E-state index contributed by atoms with van der Waals surface area (Å²) in [4.78, 5) is 25.7. The van der Waals surface area contributed by atoms with E-state index in [1.807, 2.05) is 78.9 Å². The minimum atomic E-state index is -0.957. The molecule has 0 saturated carbocycles.